The third-order valence-electron chi connectivity index (χ3n) is 11.4. The van der Waals surface area contributed by atoms with Crippen molar-refractivity contribution in [3.8, 4) is 0 Å². The molecular formula is C50H80ClN13O16S3. The number of imide groups is 2. The molecule has 4 N–H and O–H groups in total. The molecule has 2 aliphatic heterocycles. The third-order valence-corrected chi connectivity index (χ3v) is 16.3. The maximum absolute atomic E-state index is 12.3. The zero-order valence-electron chi connectivity index (χ0n) is 46.9. The molecule has 0 unspecified atom stereocenters. The highest BCUT2D eigenvalue weighted by atomic mass is 35.7. The lowest BCUT2D eigenvalue weighted by Crippen LogP contribution is -2.30. The highest BCUT2D eigenvalue weighted by molar-refractivity contribution is 8.13. The molecule has 33 heteroatoms. The van der Waals surface area contributed by atoms with Crippen LogP contribution in [0.4, 0.5) is 0 Å². The Labute approximate surface area is 490 Å². The molecule has 0 aliphatic carbocycles. The molecule has 4 amide bonds. The van der Waals surface area contributed by atoms with E-state index in [-0.39, 0.29) is 65.7 Å². The molecule has 83 heavy (non-hydrogen) atoms. The van der Waals surface area contributed by atoms with E-state index < -0.39 is 28.7 Å². The predicted molar refractivity (Wildman–Crippen MR) is 312 cm³/mol. The number of ether oxygens (including phenoxy) is 6. The maximum Gasteiger partial charge on any atom is 0.261 e. The van der Waals surface area contributed by atoms with Gasteiger partial charge < -0.3 is 39.9 Å². The Morgan fingerprint density at radius 1 is 0.410 bits per heavy atom. The Kier molecular flexibility index (Phi) is 42.6. The molecule has 2 heterocycles. The number of nitrogens with zero attached hydrogens (tertiary/aromatic N) is 11. The van der Waals surface area contributed by atoms with Gasteiger partial charge in [-0.1, -0.05) is 58.9 Å². The number of unbranched alkanes of at least 4 members (excludes halogenated alkanes) is 6. The van der Waals surface area contributed by atoms with Gasteiger partial charge in [-0.15, -0.1) is 0 Å². The molecule has 0 spiro atoms. The first kappa shape index (κ1) is 75.5. The molecule has 2 aliphatic rings. The first-order chi connectivity index (χ1) is 39.9. The molecule has 466 valence electrons. The van der Waals surface area contributed by atoms with E-state index in [0.29, 0.717) is 185 Å². The fraction of sp³-hybridized carbons (Fsp3) is 0.680. The van der Waals surface area contributed by atoms with Gasteiger partial charge in [-0.2, -0.15) is 0 Å². The number of carbonyl (C=O) groups is 4. The molecule has 29 nitrogen and oxygen atoms in total. The normalized spacial score (nSPS) is 12.6. The molecule has 4 rings (SSSR count). The highest BCUT2D eigenvalue weighted by Gasteiger charge is 2.35. The number of rotatable bonds is 44. The van der Waals surface area contributed by atoms with Crippen molar-refractivity contribution in [1.29, 1.82) is 0 Å². The van der Waals surface area contributed by atoms with E-state index >= 15 is 0 Å². The van der Waals surface area contributed by atoms with Crippen LogP contribution < -0.4 is 11.5 Å². The number of hydrogen-bond donors (Lipinski definition) is 2. The summed E-state index contributed by atoms with van der Waals surface area (Å²) < 4.78 is 99.7. The SMILES string of the molecule is O=C1c2ccccc2C(=O)N1CCCCCS(=O)(=O)Cl.[N-]=[N+]=NCCOCCOCCCS(=O)(=O)CCCCCN.[N-]=[N+]=NCCOCCOCCCS(=O)(=O)CCCCCN1C(=O)c2ccccc2C1=O.[N-]=[N+]=NCCOCCOCN. The predicted octanol–water partition coefficient (Wildman–Crippen LogP) is 6.13. The lowest BCUT2D eigenvalue weighted by molar-refractivity contribution is 0.0512. The second kappa shape index (κ2) is 46.8. The van der Waals surface area contributed by atoms with Crippen LogP contribution >= 0.6 is 10.7 Å². The van der Waals surface area contributed by atoms with Crippen LogP contribution in [0, 0.1) is 0 Å². The van der Waals surface area contributed by atoms with Crippen molar-refractivity contribution >= 4 is 63.0 Å². The molecule has 0 radical (unpaired) electrons. The number of fused-ring (bicyclic) bond motifs is 2. The number of hydrogen-bond acceptors (Lipinski definition) is 21. The minimum absolute atomic E-state index is 0.0587. The van der Waals surface area contributed by atoms with E-state index in [0.717, 1.165) is 12.8 Å². The van der Waals surface area contributed by atoms with Crippen molar-refractivity contribution in [3.05, 3.63) is 102 Å². The second-order valence-electron chi connectivity index (χ2n) is 17.8. The van der Waals surface area contributed by atoms with Gasteiger partial charge in [0.1, 0.15) is 19.7 Å². The number of azide groups is 3. The van der Waals surface area contributed by atoms with Crippen LogP contribution in [0.5, 0.6) is 0 Å². The van der Waals surface area contributed by atoms with Crippen LogP contribution in [0.2, 0.25) is 0 Å². The van der Waals surface area contributed by atoms with Gasteiger partial charge in [-0.05, 0) is 98.8 Å². The van der Waals surface area contributed by atoms with Crippen LogP contribution in [0.25, 0.3) is 31.3 Å². The third kappa shape index (κ3) is 36.7. The standard InChI is InChI=1S/C20H28N4O6S.C13H14ClNO4S.C12H26N4O4S.C5H12N4O2/c21-23-22-9-12-30-14-13-29-11-6-16-31(27,28)15-5-1-4-10-24-19(25)17-7-2-3-8-18(17)20(24)26;14-20(18,19)9-5-1-4-8-15-12(16)10-6-2-3-7-11(10)13(15)17;13-5-2-1-3-11-21(17,18)12-4-7-19-9-10-20-8-6-15-16-14;6-5-11-4-3-10-2-1-8-9-7/h2-3,7-8H,1,4-6,9-16H2;2-3,6-7H,1,4-5,8-9H2;1-13H2;1-6H2. The first-order valence-corrected chi connectivity index (χ1v) is 33.1. The minimum atomic E-state index is -3.46. The maximum atomic E-state index is 12.3. The number of nitrogens with two attached hydrogens (primary N) is 2. The average Bonchev–Trinajstić information content (AvgIpc) is 4.02. The van der Waals surface area contributed by atoms with Gasteiger partial charge in [0.05, 0.1) is 117 Å². The largest absolute Gasteiger partial charge is 0.379 e. The fourth-order valence-electron chi connectivity index (χ4n) is 7.38. The summed E-state index contributed by atoms with van der Waals surface area (Å²) in [4.78, 5) is 58.8. The van der Waals surface area contributed by atoms with Gasteiger partial charge in [0.25, 0.3) is 23.6 Å². The van der Waals surface area contributed by atoms with Crippen molar-refractivity contribution in [3.63, 3.8) is 0 Å². The zero-order valence-corrected chi connectivity index (χ0v) is 50.1. The van der Waals surface area contributed by atoms with Gasteiger partial charge in [0.15, 0.2) is 0 Å². The van der Waals surface area contributed by atoms with Crippen molar-refractivity contribution in [2.75, 3.05) is 147 Å². The molecule has 0 bridgehead atoms. The van der Waals surface area contributed by atoms with E-state index in [9.17, 15) is 44.4 Å². The summed E-state index contributed by atoms with van der Waals surface area (Å²) in [5.74, 6) is -0.685. The molecule has 0 saturated carbocycles. The Morgan fingerprint density at radius 2 is 0.711 bits per heavy atom. The van der Waals surface area contributed by atoms with Crippen LogP contribution in [-0.4, -0.2) is 206 Å². The van der Waals surface area contributed by atoms with Crippen molar-refractivity contribution < 1.29 is 72.9 Å². The van der Waals surface area contributed by atoms with Crippen molar-refractivity contribution in [1.82, 2.24) is 9.80 Å². The monoisotopic (exact) mass is 1250 g/mol. The van der Waals surface area contributed by atoms with Crippen LogP contribution in [0.3, 0.4) is 0 Å². The van der Waals surface area contributed by atoms with E-state index in [1.165, 1.54) is 9.80 Å². The van der Waals surface area contributed by atoms with Gasteiger partial charge in [0, 0.05) is 71.4 Å². The van der Waals surface area contributed by atoms with Gasteiger partial charge in [0.2, 0.25) is 9.05 Å². The Hall–Kier alpha value is -5.53. The van der Waals surface area contributed by atoms with E-state index in [1.807, 2.05) is 0 Å². The van der Waals surface area contributed by atoms with Gasteiger partial charge in [-0.3, -0.25) is 29.0 Å². The summed E-state index contributed by atoms with van der Waals surface area (Å²) in [7, 11) is -4.49. The van der Waals surface area contributed by atoms with Crippen LogP contribution in [0.15, 0.2) is 63.9 Å². The van der Waals surface area contributed by atoms with Crippen LogP contribution in [0.1, 0.15) is 112 Å². The number of benzene rings is 2. The molecule has 0 saturated heterocycles. The average molecular weight is 1250 g/mol. The molecule has 2 aromatic rings. The molecule has 0 atom stereocenters. The quantitative estimate of drug-likeness (QED) is 0.0143. The fourth-order valence-corrected chi connectivity index (χ4v) is 11.1. The summed E-state index contributed by atoms with van der Waals surface area (Å²) in [6.07, 6.45) is 6.60. The Balaban J connectivity index is 0.000000585. The minimum Gasteiger partial charge on any atom is -0.379 e. The molecular weight excluding hydrogens is 1170 g/mol. The second-order valence-corrected chi connectivity index (χ2v) is 25.3. The lowest BCUT2D eigenvalue weighted by Gasteiger charge is -2.13. The Bertz CT molecular complexity index is 2650. The number of amides is 4. The smallest absolute Gasteiger partial charge is 0.261 e. The van der Waals surface area contributed by atoms with E-state index in [1.54, 1.807) is 48.5 Å². The number of carbonyl (C=O) groups excluding carboxylic acids is 4. The van der Waals surface area contributed by atoms with Crippen LogP contribution in [-0.2, 0) is 57.1 Å². The lowest BCUT2D eigenvalue weighted by atomic mass is 10.1. The van der Waals surface area contributed by atoms with Gasteiger partial charge >= 0.3 is 0 Å². The van der Waals surface area contributed by atoms with Crippen molar-refractivity contribution in [2.45, 2.75) is 70.6 Å². The summed E-state index contributed by atoms with van der Waals surface area (Å²) in [5, 5.41) is 9.94. The number of sulfone groups is 2. The highest BCUT2D eigenvalue weighted by Crippen LogP contribution is 2.24. The topological polar surface area (TPSA) is 431 Å². The number of halogens is 1. The summed E-state index contributed by atoms with van der Waals surface area (Å²) >= 11 is 0. The van der Waals surface area contributed by atoms with Gasteiger partial charge in [-0.25, -0.2) is 25.3 Å². The summed E-state index contributed by atoms with van der Waals surface area (Å²) in [6, 6.07) is 13.5. The Morgan fingerprint density at radius 3 is 1.02 bits per heavy atom. The van der Waals surface area contributed by atoms with E-state index in [4.69, 9.17) is 67.2 Å². The molecule has 0 fully saturated rings. The molecule has 2 aromatic carbocycles. The first-order valence-electron chi connectivity index (χ1n) is 27.0. The zero-order chi connectivity index (χ0) is 61.5. The van der Waals surface area contributed by atoms with Crippen molar-refractivity contribution in [2.24, 2.45) is 26.8 Å². The van der Waals surface area contributed by atoms with E-state index in [2.05, 4.69) is 30.1 Å². The summed E-state index contributed by atoms with van der Waals surface area (Å²) in [6.45, 7) is 6.71. The molecule has 0 aromatic heterocycles. The summed E-state index contributed by atoms with van der Waals surface area (Å²) in [5.41, 5.74) is 36.1.